The molecule has 3 aromatic carbocycles. The van der Waals surface area contributed by atoms with Gasteiger partial charge in [0.2, 0.25) is 0 Å². The number of para-hydroxylation sites is 2. The van der Waals surface area contributed by atoms with E-state index in [0.717, 1.165) is 17.4 Å². The standard InChI is InChI=1S/C20H16F3N3O/c21-20(22,23)17-8-4-5-9-18(17)25-26-19(27)14-10-12-16(13-11-14)24-15-6-2-1-3-7-15/h1-13,24-25H,(H,26,27). The van der Waals surface area contributed by atoms with Gasteiger partial charge in [-0.15, -0.1) is 0 Å². The normalized spacial score (nSPS) is 10.9. The molecule has 0 fully saturated rings. The van der Waals surface area contributed by atoms with Crippen LogP contribution in [0.4, 0.5) is 30.2 Å². The monoisotopic (exact) mass is 371 g/mol. The van der Waals surface area contributed by atoms with E-state index in [2.05, 4.69) is 16.2 Å². The highest BCUT2D eigenvalue weighted by Gasteiger charge is 2.33. The quantitative estimate of drug-likeness (QED) is 0.540. The minimum atomic E-state index is -4.51. The highest BCUT2D eigenvalue weighted by atomic mass is 19.4. The average Bonchev–Trinajstić information content (AvgIpc) is 2.67. The van der Waals surface area contributed by atoms with Gasteiger partial charge in [0.25, 0.3) is 5.91 Å². The van der Waals surface area contributed by atoms with Crippen LogP contribution in [0.15, 0.2) is 78.9 Å². The van der Waals surface area contributed by atoms with Crippen molar-refractivity contribution in [2.75, 3.05) is 10.7 Å². The van der Waals surface area contributed by atoms with Gasteiger partial charge >= 0.3 is 6.18 Å². The Morgan fingerprint density at radius 1 is 0.741 bits per heavy atom. The van der Waals surface area contributed by atoms with E-state index >= 15 is 0 Å². The first-order valence-electron chi connectivity index (χ1n) is 8.08. The van der Waals surface area contributed by atoms with Crippen molar-refractivity contribution in [2.24, 2.45) is 0 Å². The molecule has 0 atom stereocenters. The zero-order chi connectivity index (χ0) is 19.3. The van der Waals surface area contributed by atoms with Crippen molar-refractivity contribution in [2.45, 2.75) is 6.18 Å². The minimum Gasteiger partial charge on any atom is -0.356 e. The van der Waals surface area contributed by atoms with Gasteiger partial charge in [0.1, 0.15) is 0 Å². The van der Waals surface area contributed by atoms with Crippen molar-refractivity contribution in [1.82, 2.24) is 5.43 Å². The Hall–Kier alpha value is -3.48. The molecular weight excluding hydrogens is 355 g/mol. The van der Waals surface area contributed by atoms with Gasteiger partial charge < -0.3 is 5.32 Å². The van der Waals surface area contributed by atoms with Gasteiger partial charge in [0.15, 0.2) is 0 Å². The van der Waals surface area contributed by atoms with Crippen LogP contribution in [0.25, 0.3) is 0 Å². The van der Waals surface area contributed by atoms with Gasteiger partial charge in [-0.05, 0) is 48.5 Å². The third kappa shape index (κ3) is 4.78. The molecule has 3 aromatic rings. The molecule has 0 aromatic heterocycles. The molecular formula is C20H16F3N3O. The van der Waals surface area contributed by atoms with E-state index in [9.17, 15) is 18.0 Å². The van der Waals surface area contributed by atoms with E-state index in [1.807, 2.05) is 30.3 Å². The summed E-state index contributed by atoms with van der Waals surface area (Å²) in [5.41, 5.74) is 5.55. The number of anilines is 3. The molecule has 0 unspecified atom stereocenters. The summed E-state index contributed by atoms with van der Waals surface area (Å²) >= 11 is 0. The summed E-state index contributed by atoms with van der Waals surface area (Å²) in [5.74, 6) is -0.543. The molecule has 0 aliphatic carbocycles. The Morgan fingerprint density at radius 3 is 2.00 bits per heavy atom. The molecule has 27 heavy (non-hydrogen) atoms. The molecule has 0 heterocycles. The fourth-order valence-electron chi connectivity index (χ4n) is 2.43. The lowest BCUT2D eigenvalue weighted by molar-refractivity contribution is -0.137. The topological polar surface area (TPSA) is 53.2 Å². The van der Waals surface area contributed by atoms with Crippen molar-refractivity contribution in [1.29, 1.82) is 0 Å². The zero-order valence-electron chi connectivity index (χ0n) is 14.0. The van der Waals surface area contributed by atoms with Gasteiger partial charge in [-0.2, -0.15) is 13.2 Å². The summed E-state index contributed by atoms with van der Waals surface area (Å²) in [7, 11) is 0. The number of benzene rings is 3. The van der Waals surface area contributed by atoms with Crippen LogP contribution in [0.2, 0.25) is 0 Å². The number of hydrogen-bond acceptors (Lipinski definition) is 3. The van der Waals surface area contributed by atoms with Crippen molar-refractivity contribution in [3.8, 4) is 0 Å². The van der Waals surface area contributed by atoms with Crippen molar-refractivity contribution in [3.05, 3.63) is 90.0 Å². The third-order valence-electron chi connectivity index (χ3n) is 3.75. The summed E-state index contributed by atoms with van der Waals surface area (Å²) in [4.78, 5) is 12.2. The SMILES string of the molecule is O=C(NNc1ccccc1C(F)(F)F)c1ccc(Nc2ccccc2)cc1. The van der Waals surface area contributed by atoms with E-state index in [4.69, 9.17) is 0 Å². The van der Waals surface area contributed by atoms with Crippen LogP contribution >= 0.6 is 0 Å². The van der Waals surface area contributed by atoms with Crippen molar-refractivity contribution >= 4 is 23.0 Å². The molecule has 0 aliphatic rings. The van der Waals surface area contributed by atoms with E-state index < -0.39 is 17.6 Å². The molecule has 0 radical (unpaired) electrons. The van der Waals surface area contributed by atoms with Gasteiger partial charge in [0.05, 0.1) is 11.3 Å². The van der Waals surface area contributed by atoms with Crippen LogP contribution in [0.5, 0.6) is 0 Å². The van der Waals surface area contributed by atoms with Crippen LogP contribution in [-0.4, -0.2) is 5.91 Å². The first-order chi connectivity index (χ1) is 12.9. The van der Waals surface area contributed by atoms with Crippen LogP contribution in [-0.2, 0) is 6.18 Å². The molecule has 0 saturated carbocycles. The van der Waals surface area contributed by atoms with Gasteiger partial charge in [0, 0.05) is 16.9 Å². The predicted molar refractivity (Wildman–Crippen MR) is 98.7 cm³/mol. The Labute approximate surface area is 154 Å². The Bertz CT molecular complexity index is 910. The molecule has 0 bridgehead atoms. The first kappa shape index (κ1) is 18.3. The van der Waals surface area contributed by atoms with Crippen molar-refractivity contribution < 1.29 is 18.0 Å². The zero-order valence-corrected chi connectivity index (χ0v) is 14.0. The molecule has 7 heteroatoms. The smallest absolute Gasteiger partial charge is 0.356 e. The van der Waals surface area contributed by atoms with Gasteiger partial charge in [-0.25, -0.2) is 0 Å². The summed E-state index contributed by atoms with van der Waals surface area (Å²) in [6, 6.07) is 21.0. The van der Waals surface area contributed by atoms with Crippen LogP contribution in [0.1, 0.15) is 15.9 Å². The maximum absolute atomic E-state index is 13.0. The predicted octanol–water partition coefficient (Wildman–Crippen LogP) is 5.21. The number of halogens is 3. The van der Waals surface area contributed by atoms with Crippen LogP contribution in [0.3, 0.4) is 0 Å². The molecule has 3 rings (SSSR count). The number of hydrogen-bond donors (Lipinski definition) is 3. The molecule has 3 N–H and O–H groups in total. The first-order valence-corrected chi connectivity index (χ1v) is 8.08. The number of amides is 1. The number of alkyl halides is 3. The molecule has 0 saturated heterocycles. The van der Waals surface area contributed by atoms with E-state index in [0.29, 0.717) is 5.56 Å². The summed E-state index contributed by atoms with van der Waals surface area (Å²) < 4.78 is 38.9. The average molecular weight is 371 g/mol. The van der Waals surface area contributed by atoms with E-state index in [-0.39, 0.29) is 5.69 Å². The Kier molecular flexibility index (Phi) is 5.30. The number of rotatable bonds is 5. The summed E-state index contributed by atoms with van der Waals surface area (Å²) in [6.07, 6.45) is -4.51. The van der Waals surface area contributed by atoms with E-state index in [1.54, 1.807) is 24.3 Å². The highest BCUT2D eigenvalue weighted by Crippen LogP contribution is 2.34. The second-order valence-electron chi connectivity index (χ2n) is 5.69. The Morgan fingerprint density at radius 2 is 1.33 bits per heavy atom. The number of carbonyl (C=O) groups excluding carboxylic acids is 1. The lowest BCUT2D eigenvalue weighted by Gasteiger charge is -2.15. The minimum absolute atomic E-state index is 0.222. The van der Waals surface area contributed by atoms with E-state index in [1.165, 1.54) is 18.2 Å². The highest BCUT2D eigenvalue weighted by molar-refractivity contribution is 5.95. The largest absolute Gasteiger partial charge is 0.418 e. The molecule has 1 amide bonds. The lowest BCUT2D eigenvalue weighted by atomic mass is 10.1. The number of carbonyl (C=O) groups is 1. The van der Waals surface area contributed by atoms with Crippen LogP contribution in [0, 0.1) is 0 Å². The fraction of sp³-hybridized carbons (Fsp3) is 0.0500. The fourth-order valence-corrected chi connectivity index (χ4v) is 2.43. The Balaban J connectivity index is 1.64. The summed E-state index contributed by atoms with van der Waals surface area (Å²) in [6.45, 7) is 0. The van der Waals surface area contributed by atoms with Crippen LogP contribution < -0.4 is 16.2 Å². The summed E-state index contributed by atoms with van der Waals surface area (Å²) in [5, 5.41) is 3.18. The van der Waals surface area contributed by atoms with Gasteiger partial charge in [-0.3, -0.25) is 15.6 Å². The number of hydrazine groups is 1. The number of nitrogens with one attached hydrogen (secondary N) is 3. The molecule has 0 aliphatic heterocycles. The maximum atomic E-state index is 13.0. The third-order valence-corrected chi connectivity index (χ3v) is 3.75. The molecule has 0 spiro atoms. The second kappa shape index (κ2) is 7.82. The molecule has 4 nitrogen and oxygen atoms in total. The second-order valence-corrected chi connectivity index (χ2v) is 5.69. The lowest BCUT2D eigenvalue weighted by Crippen LogP contribution is -2.30. The van der Waals surface area contributed by atoms with Crippen molar-refractivity contribution in [3.63, 3.8) is 0 Å². The maximum Gasteiger partial charge on any atom is 0.418 e. The molecule has 138 valence electrons. The van der Waals surface area contributed by atoms with Gasteiger partial charge in [-0.1, -0.05) is 30.3 Å².